The molecule has 1 N–H and O–H groups in total. The fourth-order valence-electron chi connectivity index (χ4n) is 1.98. The number of likely N-dealkylation sites (N-methyl/N-ethyl adjacent to an activating group) is 1. The number of ether oxygens (including phenoxy) is 1. The Morgan fingerprint density at radius 1 is 1.40 bits per heavy atom. The number of aliphatic hydroxyl groups is 1. The summed E-state index contributed by atoms with van der Waals surface area (Å²) in [5.74, 6) is 0.902. The van der Waals surface area contributed by atoms with Crippen molar-refractivity contribution in [2.45, 2.75) is 25.7 Å². The van der Waals surface area contributed by atoms with Crippen LogP contribution in [-0.4, -0.2) is 36.3 Å². The highest BCUT2D eigenvalue weighted by Crippen LogP contribution is 2.19. The van der Waals surface area contributed by atoms with E-state index in [9.17, 15) is 5.11 Å². The Bertz CT molecular complexity index is 469. The molecule has 0 radical (unpaired) electrons. The molecule has 2 unspecified atom stereocenters. The maximum Gasteiger partial charge on any atom is 0.120 e. The van der Waals surface area contributed by atoms with Crippen molar-refractivity contribution in [2.75, 3.05) is 20.2 Å². The summed E-state index contributed by atoms with van der Waals surface area (Å²) in [7, 11) is 1.97. The molecule has 2 heterocycles. The lowest BCUT2D eigenvalue weighted by Crippen LogP contribution is -2.33. The van der Waals surface area contributed by atoms with Crippen molar-refractivity contribution >= 4 is 11.3 Å². The summed E-state index contributed by atoms with van der Waals surface area (Å²) in [6, 6.07) is 7.99. The van der Waals surface area contributed by atoms with Gasteiger partial charge in [0.25, 0.3) is 0 Å². The Hall–Kier alpha value is -1.14. The molecule has 0 aliphatic rings. The Kier molecular flexibility index (Phi) is 5.79. The second-order valence-corrected chi connectivity index (χ2v) is 5.91. The highest BCUT2D eigenvalue weighted by atomic mass is 32.1. The molecule has 0 aliphatic carbocycles. The molecule has 0 aliphatic heterocycles. The van der Waals surface area contributed by atoms with Gasteiger partial charge in [-0.1, -0.05) is 6.07 Å². The van der Waals surface area contributed by atoms with Gasteiger partial charge in [-0.3, -0.25) is 4.90 Å². The monoisotopic (exact) mass is 295 g/mol. The lowest BCUT2D eigenvalue weighted by atomic mass is 10.2. The van der Waals surface area contributed by atoms with E-state index in [0.717, 1.165) is 5.76 Å². The van der Waals surface area contributed by atoms with Gasteiger partial charge in [-0.15, -0.1) is 11.3 Å². The number of aliphatic hydroxyl groups excluding tert-OH is 1. The molecular formula is C15H21NO3S. The molecule has 0 amide bonds. The third kappa shape index (κ3) is 4.45. The molecule has 110 valence electrons. The van der Waals surface area contributed by atoms with E-state index in [1.54, 1.807) is 17.6 Å². The van der Waals surface area contributed by atoms with Crippen molar-refractivity contribution in [1.82, 2.24) is 4.90 Å². The van der Waals surface area contributed by atoms with Gasteiger partial charge in [0.05, 0.1) is 31.6 Å². The van der Waals surface area contributed by atoms with E-state index in [4.69, 9.17) is 9.15 Å². The average molecular weight is 295 g/mol. The Morgan fingerprint density at radius 2 is 2.25 bits per heavy atom. The molecule has 2 aromatic rings. The molecule has 0 fully saturated rings. The summed E-state index contributed by atoms with van der Waals surface area (Å²) in [4.78, 5) is 3.23. The first-order valence-corrected chi connectivity index (χ1v) is 7.56. The number of furan rings is 1. The van der Waals surface area contributed by atoms with E-state index in [1.807, 2.05) is 36.7 Å². The molecule has 2 aromatic heterocycles. The zero-order chi connectivity index (χ0) is 14.4. The fraction of sp³-hybridized carbons (Fsp3) is 0.467. The van der Waals surface area contributed by atoms with Gasteiger partial charge in [-0.2, -0.15) is 0 Å². The van der Waals surface area contributed by atoms with E-state index >= 15 is 0 Å². The van der Waals surface area contributed by atoms with E-state index in [-0.39, 0.29) is 6.04 Å². The third-order valence-corrected chi connectivity index (χ3v) is 4.10. The Labute approximate surface area is 123 Å². The van der Waals surface area contributed by atoms with Crippen molar-refractivity contribution in [3.63, 3.8) is 0 Å². The number of hydrogen-bond donors (Lipinski definition) is 1. The normalized spacial score (nSPS) is 14.6. The van der Waals surface area contributed by atoms with Gasteiger partial charge in [0, 0.05) is 11.4 Å². The second kappa shape index (κ2) is 7.59. The van der Waals surface area contributed by atoms with Crippen LogP contribution in [0.2, 0.25) is 0 Å². The molecule has 2 rings (SSSR count). The quantitative estimate of drug-likeness (QED) is 0.813. The predicted molar refractivity (Wildman–Crippen MR) is 79.7 cm³/mol. The molecule has 4 nitrogen and oxygen atoms in total. The molecule has 20 heavy (non-hydrogen) atoms. The Morgan fingerprint density at radius 3 is 2.90 bits per heavy atom. The summed E-state index contributed by atoms with van der Waals surface area (Å²) in [5.41, 5.74) is 0. The van der Waals surface area contributed by atoms with Gasteiger partial charge in [-0.25, -0.2) is 0 Å². The summed E-state index contributed by atoms with van der Waals surface area (Å²) < 4.78 is 10.9. The molecule has 0 saturated carbocycles. The summed E-state index contributed by atoms with van der Waals surface area (Å²) in [5, 5.41) is 12.0. The van der Waals surface area contributed by atoms with Crippen LogP contribution in [0.15, 0.2) is 40.3 Å². The molecule has 5 heteroatoms. The first kappa shape index (κ1) is 15.3. The van der Waals surface area contributed by atoms with Gasteiger partial charge in [0.2, 0.25) is 0 Å². The topological polar surface area (TPSA) is 45.8 Å². The smallest absolute Gasteiger partial charge is 0.120 e. The highest BCUT2D eigenvalue weighted by molar-refractivity contribution is 7.09. The SMILES string of the molecule is CC(c1ccco1)N(C)CC(O)COCc1cccs1. The summed E-state index contributed by atoms with van der Waals surface area (Å²) in [6.07, 6.45) is 1.16. The van der Waals surface area contributed by atoms with Gasteiger partial charge in [0.1, 0.15) is 5.76 Å². The highest BCUT2D eigenvalue weighted by Gasteiger charge is 2.17. The van der Waals surface area contributed by atoms with Crippen molar-refractivity contribution in [2.24, 2.45) is 0 Å². The van der Waals surface area contributed by atoms with Crippen LogP contribution in [0, 0.1) is 0 Å². The number of hydrogen-bond acceptors (Lipinski definition) is 5. The van der Waals surface area contributed by atoms with Crippen LogP contribution in [0.25, 0.3) is 0 Å². The van der Waals surface area contributed by atoms with E-state index in [1.165, 1.54) is 4.88 Å². The third-order valence-electron chi connectivity index (χ3n) is 3.25. The maximum atomic E-state index is 10.0. The zero-order valence-corrected chi connectivity index (χ0v) is 12.7. The molecular weight excluding hydrogens is 274 g/mol. The van der Waals surface area contributed by atoms with E-state index < -0.39 is 6.10 Å². The van der Waals surface area contributed by atoms with Crippen molar-refractivity contribution in [1.29, 1.82) is 0 Å². The lowest BCUT2D eigenvalue weighted by Gasteiger charge is -2.25. The average Bonchev–Trinajstić information content (AvgIpc) is 3.10. The van der Waals surface area contributed by atoms with Gasteiger partial charge < -0.3 is 14.3 Å². The molecule has 0 bridgehead atoms. The van der Waals surface area contributed by atoms with Crippen molar-refractivity contribution in [3.05, 3.63) is 46.5 Å². The minimum atomic E-state index is -0.502. The number of thiophene rings is 1. The van der Waals surface area contributed by atoms with Crippen LogP contribution < -0.4 is 0 Å². The zero-order valence-electron chi connectivity index (χ0n) is 11.9. The van der Waals surface area contributed by atoms with Crippen LogP contribution in [0.3, 0.4) is 0 Å². The van der Waals surface area contributed by atoms with Gasteiger partial charge >= 0.3 is 0 Å². The molecule has 0 spiro atoms. The number of rotatable bonds is 8. The predicted octanol–water partition coefficient (Wildman–Crippen LogP) is 2.91. The van der Waals surface area contributed by atoms with Crippen LogP contribution in [-0.2, 0) is 11.3 Å². The van der Waals surface area contributed by atoms with Gasteiger partial charge in [-0.05, 0) is 37.6 Å². The standard InChI is InChI=1S/C15H21NO3S/c1-12(15-6-3-7-19-15)16(2)9-13(17)10-18-11-14-5-4-8-20-14/h3-8,12-13,17H,9-11H2,1-2H3. The largest absolute Gasteiger partial charge is 0.468 e. The maximum absolute atomic E-state index is 10.0. The second-order valence-electron chi connectivity index (χ2n) is 4.88. The summed E-state index contributed by atoms with van der Waals surface area (Å²) in [6.45, 7) is 3.50. The van der Waals surface area contributed by atoms with Crippen LogP contribution in [0.1, 0.15) is 23.6 Å². The van der Waals surface area contributed by atoms with Gasteiger partial charge in [0.15, 0.2) is 0 Å². The fourth-order valence-corrected chi connectivity index (χ4v) is 2.62. The van der Waals surface area contributed by atoms with E-state index in [2.05, 4.69) is 11.8 Å². The molecule has 0 saturated heterocycles. The van der Waals surface area contributed by atoms with Crippen molar-refractivity contribution in [3.8, 4) is 0 Å². The minimum absolute atomic E-state index is 0.136. The van der Waals surface area contributed by atoms with Crippen LogP contribution >= 0.6 is 11.3 Å². The first-order valence-electron chi connectivity index (χ1n) is 6.68. The lowest BCUT2D eigenvalue weighted by molar-refractivity contribution is 0.00801. The molecule has 0 aromatic carbocycles. The van der Waals surface area contributed by atoms with Crippen molar-refractivity contribution < 1.29 is 14.3 Å². The van der Waals surface area contributed by atoms with E-state index in [0.29, 0.717) is 19.8 Å². The van der Waals surface area contributed by atoms with Crippen LogP contribution in [0.4, 0.5) is 0 Å². The first-order chi connectivity index (χ1) is 9.66. The number of nitrogens with zero attached hydrogens (tertiary/aromatic N) is 1. The Balaban J connectivity index is 1.69. The minimum Gasteiger partial charge on any atom is -0.468 e. The summed E-state index contributed by atoms with van der Waals surface area (Å²) >= 11 is 1.66. The van der Waals surface area contributed by atoms with Crippen LogP contribution in [0.5, 0.6) is 0 Å². The molecule has 2 atom stereocenters.